The van der Waals surface area contributed by atoms with Crippen molar-refractivity contribution in [3.8, 4) is 21.9 Å². The Hall–Kier alpha value is -1.82. The lowest BCUT2D eigenvalue weighted by Gasteiger charge is -2.04. The van der Waals surface area contributed by atoms with E-state index in [4.69, 9.17) is 5.73 Å². The molecule has 6 heteroatoms. The van der Waals surface area contributed by atoms with Crippen molar-refractivity contribution < 1.29 is 18.3 Å². The third-order valence-electron chi connectivity index (χ3n) is 2.31. The van der Waals surface area contributed by atoms with Crippen LogP contribution in [0.15, 0.2) is 30.3 Å². The summed E-state index contributed by atoms with van der Waals surface area (Å²) in [6.07, 6.45) is -3.57. The molecule has 1 aromatic heterocycles. The molecule has 0 saturated carbocycles. The van der Waals surface area contributed by atoms with Crippen LogP contribution in [0, 0.1) is 0 Å². The lowest BCUT2D eigenvalue weighted by atomic mass is 10.2. The highest BCUT2D eigenvalue weighted by Gasteiger charge is 2.43. The molecule has 0 unspecified atom stereocenters. The summed E-state index contributed by atoms with van der Waals surface area (Å²) in [7, 11) is 0. The molecular weight excluding hydrogens is 248 g/mol. The number of benzene rings is 1. The second-order valence-electron chi connectivity index (χ2n) is 3.53. The van der Waals surface area contributed by atoms with E-state index in [1.54, 1.807) is 12.1 Å². The molecular formula is C11H7F2NO2S. The van der Waals surface area contributed by atoms with Crippen LogP contribution in [0.3, 0.4) is 0 Å². The smallest absolute Gasteiger partial charge is 0.395 e. The molecule has 1 aromatic carbocycles. The second kappa shape index (κ2) is 3.33. The zero-order valence-corrected chi connectivity index (χ0v) is 9.26. The maximum Gasteiger partial charge on any atom is 0.586 e. The van der Waals surface area contributed by atoms with Gasteiger partial charge >= 0.3 is 6.29 Å². The number of alkyl halides is 2. The van der Waals surface area contributed by atoms with E-state index in [9.17, 15) is 8.78 Å². The number of rotatable bonds is 1. The minimum Gasteiger partial charge on any atom is -0.395 e. The lowest BCUT2D eigenvalue weighted by molar-refractivity contribution is -0.286. The molecule has 0 bridgehead atoms. The van der Waals surface area contributed by atoms with Gasteiger partial charge in [0.15, 0.2) is 11.5 Å². The highest BCUT2D eigenvalue weighted by atomic mass is 32.1. The van der Waals surface area contributed by atoms with Gasteiger partial charge in [0.2, 0.25) is 0 Å². The quantitative estimate of drug-likeness (QED) is 0.850. The van der Waals surface area contributed by atoms with Crippen molar-refractivity contribution in [2.24, 2.45) is 0 Å². The summed E-state index contributed by atoms with van der Waals surface area (Å²) in [6, 6.07) is 8.26. The Bertz CT molecular complexity index is 583. The molecule has 0 aliphatic carbocycles. The molecule has 3 rings (SSSR count). The van der Waals surface area contributed by atoms with Crippen LogP contribution >= 0.6 is 11.3 Å². The fourth-order valence-electron chi connectivity index (χ4n) is 1.61. The van der Waals surface area contributed by atoms with Crippen molar-refractivity contribution in [1.82, 2.24) is 0 Å². The number of fused-ring (bicyclic) bond motifs is 1. The molecule has 0 radical (unpaired) electrons. The van der Waals surface area contributed by atoms with Crippen molar-refractivity contribution in [2.45, 2.75) is 6.29 Å². The summed E-state index contributed by atoms with van der Waals surface area (Å²) >= 11 is 1.38. The molecule has 0 spiro atoms. The first kappa shape index (κ1) is 10.3. The number of ether oxygens (including phenoxy) is 2. The van der Waals surface area contributed by atoms with Gasteiger partial charge in [-0.1, -0.05) is 0 Å². The normalized spacial score (nSPS) is 16.1. The lowest BCUT2D eigenvalue weighted by Crippen LogP contribution is -2.25. The molecule has 2 N–H and O–H groups in total. The van der Waals surface area contributed by atoms with E-state index >= 15 is 0 Å². The summed E-state index contributed by atoms with van der Waals surface area (Å²) in [4.78, 5) is 0.893. The summed E-state index contributed by atoms with van der Waals surface area (Å²) in [5, 5.41) is 0.669. The van der Waals surface area contributed by atoms with E-state index in [1.807, 2.05) is 6.07 Å². The van der Waals surface area contributed by atoms with Gasteiger partial charge in [0.25, 0.3) is 0 Å². The van der Waals surface area contributed by atoms with E-state index in [0.717, 1.165) is 10.4 Å². The SMILES string of the molecule is Nc1ccc(-c2ccc3c(c2)OC(F)(F)O3)s1. The molecule has 88 valence electrons. The van der Waals surface area contributed by atoms with Gasteiger partial charge in [0, 0.05) is 4.88 Å². The molecule has 17 heavy (non-hydrogen) atoms. The van der Waals surface area contributed by atoms with Crippen molar-refractivity contribution in [3.05, 3.63) is 30.3 Å². The van der Waals surface area contributed by atoms with Crippen molar-refractivity contribution in [2.75, 3.05) is 5.73 Å². The maximum atomic E-state index is 12.8. The summed E-state index contributed by atoms with van der Waals surface area (Å²) < 4.78 is 34.3. The molecule has 0 amide bonds. The number of hydrogen-bond acceptors (Lipinski definition) is 4. The average molecular weight is 255 g/mol. The van der Waals surface area contributed by atoms with Gasteiger partial charge < -0.3 is 15.2 Å². The zero-order valence-electron chi connectivity index (χ0n) is 8.44. The molecule has 0 atom stereocenters. The van der Waals surface area contributed by atoms with Crippen LogP contribution in [-0.4, -0.2) is 6.29 Å². The van der Waals surface area contributed by atoms with Crippen LogP contribution in [0.2, 0.25) is 0 Å². The van der Waals surface area contributed by atoms with Gasteiger partial charge in [-0.2, -0.15) is 0 Å². The number of nitrogens with two attached hydrogens (primary N) is 1. The minimum absolute atomic E-state index is 0.0412. The molecule has 2 heterocycles. The number of anilines is 1. The zero-order chi connectivity index (χ0) is 12.0. The van der Waals surface area contributed by atoms with Crippen LogP contribution in [0.1, 0.15) is 0 Å². The Kier molecular flexibility index (Phi) is 2.03. The van der Waals surface area contributed by atoms with E-state index in [2.05, 4.69) is 9.47 Å². The summed E-state index contributed by atoms with van der Waals surface area (Å²) in [5.41, 5.74) is 6.38. The first-order valence-electron chi connectivity index (χ1n) is 4.79. The van der Waals surface area contributed by atoms with Crippen LogP contribution in [0.5, 0.6) is 11.5 Å². The fourth-order valence-corrected chi connectivity index (χ4v) is 2.38. The van der Waals surface area contributed by atoms with Crippen molar-refractivity contribution >= 4 is 16.3 Å². The third kappa shape index (κ3) is 1.80. The van der Waals surface area contributed by atoms with Crippen LogP contribution in [-0.2, 0) is 0 Å². The van der Waals surface area contributed by atoms with E-state index in [0.29, 0.717) is 5.00 Å². The molecule has 1 aliphatic heterocycles. The monoisotopic (exact) mass is 255 g/mol. The van der Waals surface area contributed by atoms with Crippen molar-refractivity contribution in [1.29, 1.82) is 0 Å². The largest absolute Gasteiger partial charge is 0.586 e. The third-order valence-corrected chi connectivity index (χ3v) is 3.28. The molecule has 0 saturated heterocycles. The summed E-state index contributed by atoms with van der Waals surface area (Å²) in [5.74, 6) is 0.0859. The number of halogens is 2. The first-order chi connectivity index (χ1) is 8.03. The highest BCUT2D eigenvalue weighted by Crippen LogP contribution is 2.43. The van der Waals surface area contributed by atoms with E-state index in [-0.39, 0.29) is 11.5 Å². The summed E-state index contributed by atoms with van der Waals surface area (Å²) in [6.45, 7) is 0. The molecule has 0 fully saturated rings. The average Bonchev–Trinajstić information content (AvgIpc) is 2.78. The first-order valence-corrected chi connectivity index (χ1v) is 5.61. The van der Waals surface area contributed by atoms with Gasteiger partial charge in [0.1, 0.15) is 0 Å². The van der Waals surface area contributed by atoms with Crippen LogP contribution in [0.4, 0.5) is 13.8 Å². The highest BCUT2D eigenvalue weighted by molar-refractivity contribution is 7.19. The Balaban J connectivity index is 2.01. The molecule has 2 aromatic rings. The van der Waals surface area contributed by atoms with Gasteiger partial charge in [-0.05, 0) is 35.9 Å². The number of thiophene rings is 1. The topological polar surface area (TPSA) is 44.5 Å². The van der Waals surface area contributed by atoms with E-state index in [1.165, 1.54) is 23.5 Å². The second-order valence-corrected chi connectivity index (χ2v) is 4.65. The van der Waals surface area contributed by atoms with Crippen molar-refractivity contribution in [3.63, 3.8) is 0 Å². The standard InChI is InChI=1S/C11H7F2NO2S/c12-11(13)15-7-2-1-6(5-8(7)16-11)9-3-4-10(14)17-9/h1-5H,14H2. The Morgan fingerprint density at radius 2 is 1.82 bits per heavy atom. The Morgan fingerprint density at radius 1 is 1.06 bits per heavy atom. The predicted molar refractivity (Wildman–Crippen MR) is 60.4 cm³/mol. The molecule has 1 aliphatic rings. The number of hydrogen-bond donors (Lipinski definition) is 1. The minimum atomic E-state index is -3.57. The maximum absolute atomic E-state index is 12.8. The van der Waals surface area contributed by atoms with Crippen LogP contribution < -0.4 is 15.2 Å². The van der Waals surface area contributed by atoms with Gasteiger partial charge in [-0.3, -0.25) is 0 Å². The fraction of sp³-hybridized carbons (Fsp3) is 0.0909. The van der Waals surface area contributed by atoms with Gasteiger partial charge in [-0.15, -0.1) is 20.1 Å². The van der Waals surface area contributed by atoms with Gasteiger partial charge in [0.05, 0.1) is 5.00 Å². The number of nitrogen functional groups attached to an aromatic ring is 1. The van der Waals surface area contributed by atoms with Gasteiger partial charge in [-0.25, -0.2) is 0 Å². The van der Waals surface area contributed by atoms with E-state index < -0.39 is 6.29 Å². The Morgan fingerprint density at radius 3 is 2.53 bits per heavy atom. The predicted octanol–water partition coefficient (Wildman–Crippen LogP) is 3.32. The van der Waals surface area contributed by atoms with Crippen LogP contribution in [0.25, 0.3) is 10.4 Å². The Labute approximate surface area is 99.4 Å². The molecule has 3 nitrogen and oxygen atoms in total.